The topological polar surface area (TPSA) is 89.2 Å². The van der Waals surface area contributed by atoms with Gasteiger partial charge in [0, 0.05) is 44.9 Å². The Morgan fingerprint density at radius 1 is 1.10 bits per heavy atom. The van der Waals surface area contributed by atoms with Crippen molar-refractivity contribution in [1.29, 1.82) is 0 Å². The molecule has 0 radical (unpaired) electrons. The number of aryl methyl sites for hydroxylation is 2. The third-order valence-electron chi connectivity index (χ3n) is 6.30. The maximum Gasteiger partial charge on any atom is 0.263 e. The Bertz CT molecular complexity index is 1240. The molecule has 2 aliphatic rings. The highest BCUT2D eigenvalue weighted by molar-refractivity contribution is 6.08. The number of aromatic nitrogens is 3. The van der Waals surface area contributed by atoms with Crippen molar-refractivity contribution in [2.75, 3.05) is 11.9 Å². The molecule has 4 heterocycles. The summed E-state index contributed by atoms with van der Waals surface area (Å²) in [7, 11) is 3.46. The number of nitrogens with one attached hydrogen (secondary N) is 1. The molecule has 1 spiro atoms. The third kappa shape index (κ3) is 2.33. The molecule has 8 heteroatoms. The number of benzene rings is 1. The van der Waals surface area contributed by atoms with Crippen LogP contribution in [0, 0.1) is 0 Å². The van der Waals surface area contributed by atoms with Gasteiger partial charge in [0.15, 0.2) is 0 Å². The average molecular weight is 403 g/mol. The molecule has 152 valence electrons. The zero-order valence-corrected chi connectivity index (χ0v) is 16.7. The van der Waals surface area contributed by atoms with E-state index >= 15 is 0 Å². The Kier molecular flexibility index (Phi) is 3.92. The van der Waals surface area contributed by atoms with E-state index in [1.54, 1.807) is 36.6 Å². The molecule has 0 bridgehead atoms. The summed E-state index contributed by atoms with van der Waals surface area (Å²) in [5, 5.41) is 2.98. The van der Waals surface area contributed by atoms with Crippen LogP contribution >= 0.6 is 0 Å². The lowest BCUT2D eigenvalue weighted by atomic mass is 9.74. The number of hydrogen-bond acceptors (Lipinski definition) is 4. The number of carbonyl (C=O) groups excluding carboxylic acids is 2. The zero-order valence-electron chi connectivity index (χ0n) is 16.7. The van der Waals surface area contributed by atoms with Crippen molar-refractivity contribution in [3.05, 3.63) is 82.3 Å². The van der Waals surface area contributed by atoms with Crippen molar-refractivity contribution in [2.45, 2.75) is 17.9 Å². The number of para-hydroxylation sites is 1. The van der Waals surface area contributed by atoms with Crippen LogP contribution in [0.4, 0.5) is 5.69 Å². The molecule has 1 fully saturated rings. The first-order chi connectivity index (χ1) is 14.4. The fourth-order valence-corrected chi connectivity index (χ4v) is 4.82. The number of pyridine rings is 1. The van der Waals surface area contributed by atoms with Crippen molar-refractivity contribution in [3.8, 4) is 0 Å². The van der Waals surface area contributed by atoms with Crippen LogP contribution in [-0.4, -0.2) is 37.4 Å². The minimum absolute atomic E-state index is 0.0861. The van der Waals surface area contributed by atoms with Gasteiger partial charge in [0.25, 0.3) is 11.5 Å². The summed E-state index contributed by atoms with van der Waals surface area (Å²) in [5.74, 6) is 0.0756. The maximum atomic E-state index is 13.5. The van der Waals surface area contributed by atoms with Crippen molar-refractivity contribution in [2.24, 2.45) is 14.1 Å². The number of anilines is 1. The number of likely N-dealkylation sites (tertiary alicyclic amines) is 1. The molecule has 8 nitrogen and oxygen atoms in total. The summed E-state index contributed by atoms with van der Waals surface area (Å²) in [5.41, 5.74) is 0.387. The van der Waals surface area contributed by atoms with E-state index in [2.05, 4.69) is 10.3 Å². The van der Waals surface area contributed by atoms with E-state index in [0.717, 1.165) is 11.3 Å². The second-order valence-corrected chi connectivity index (χ2v) is 7.86. The highest BCUT2D eigenvalue weighted by Crippen LogP contribution is 2.54. The second kappa shape index (κ2) is 6.41. The van der Waals surface area contributed by atoms with Gasteiger partial charge in [-0.15, -0.1) is 0 Å². The lowest BCUT2D eigenvalue weighted by Crippen LogP contribution is -2.44. The van der Waals surface area contributed by atoms with Crippen LogP contribution in [0.5, 0.6) is 0 Å². The van der Waals surface area contributed by atoms with Crippen LogP contribution in [0.2, 0.25) is 0 Å². The molecule has 3 aromatic rings. The first-order valence-corrected chi connectivity index (χ1v) is 9.80. The molecule has 0 saturated carbocycles. The van der Waals surface area contributed by atoms with Gasteiger partial charge in [0.1, 0.15) is 22.8 Å². The molecule has 2 aromatic heterocycles. The normalized spacial score (nSPS) is 22.4. The highest BCUT2D eigenvalue weighted by Gasteiger charge is 2.60. The van der Waals surface area contributed by atoms with Gasteiger partial charge in [-0.05, 0) is 30.2 Å². The van der Waals surface area contributed by atoms with Crippen molar-refractivity contribution in [3.63, 3.8) is 0 Å². The van der Waals surface area contributed by atoms with Gasteiger partial charge in [-0.3, -0.25) is 14.4 Å². The van der Waals surface area contributed by atoms with Crippen molar-refractivity contribution < 1.29 is 9.59 Å². The molecule has 0 unspecified atom stereocenters. The van der Waals surface area contributed by atoms with E-state index in [1.165, 1.54) is 10.6 Å². The molecule has 2 aliphatic heterocycles. The van der Waals surface area contributed by atoms with Crippen LogP contribution in [0.15, 0.2) is 59.8 Å². The third-order valence-corrected chi connectivity index (χ3v) is 6.30. The lowest BCUT2D eigenvalue weighted by Gasteiger charge is -2.33. The maximum absolute atomic E-state index is 13.5. The Morgan fingerprint density at radius 3 is 2.67 bits per heavy atom. The smallest absolute Gasteiger partial charge is 0.263 e. The number of nitrogens with zero attached hydrogens (tertiary/aromatic N) is 4. The van der Waals surface area contributed by atoms with Gasteiger partial charge < -0.3 is 19.4 Å². The summed E-state index contributed by atoms with van der Waals surface area (Å²) >= 11 is 0. The van der Waals surface area contributed by atoms with Crippen molar-refractivity contribution in [1.82, 2.24) is 19.0 Å². The predicted octanol–water partition coefficient (Wildman–Crippen LogP) is 1.60. The van der Waals surface area contributed by atoms with Gasteiger partial charge in [0.2, 0.25) is 5.91 Å². The monoisotopic (exact) mass is 403 g/mol. The fraction of sp³-hybridized carbons (Fsp3) is 0.273. The van der Waals surface area contributed by atoms with E-state index in [0.29, 0.717) is 18.8 Å². The molecule has 0 aliphatic carbocycles. The van der Waals surface area contributed by atoms with Crippen LogP contribution in [-0.2, 0) is 24.3 Å². The number of carbonyl (C=O) groups is 2. The van der Waals surface area contributed by atoms with Gasteiger partial charge in [-0.25, -0.2) is 4.98 Å². The fourth-order valence-electron chi connectivity index (χ4n) is 4.82. The van der Waals surface area contributed by atoms with Crippen LogP contribution < -0.4 is 10.9 Å². The van der Waals surface area contributed by atoms with Crippen molar-refractivity contribution >= 4 is 17.5 Å². The van der Waals surface area contributed by atoms with Crippen LogP contribution in [0.25, 0.3) is 0 Å². The number of hydrogen-bond donors (Lipinski definition) is 1. The minimum atomic E-state index is -0.953. The summed E-state index contributed by atoms with van der Waals surface area (Å²) < 4.78 is 3.21. The zero-order chi connectivity index (χ0) is 21.0. The molecule has 1 aromatic carbocycles. The Labute approximate surface area is 172 Å². The quantitative estimate of drug-likeness (QED) is 0.704. The van der Waals surface area contributed by atoms with Crippen LogP contribution in [0.1, 0.15) is 34.2 Å². The molecule has 1 N–H and O–H groups in total. The van der Waals surface area contributed by atoms with E-state index < -0.39 is 17.4 Å². The second-order valence-electron chi connectivity index (χ2n) is 7.86. The molecule has 1 saturated heterocycles. The number of fused-ring (bicyclic) bond motifs is 2. The molecular formula is C22H21N5O3. The largest absolute Gasteiger partial charge is 0.336 e. The lowest BCUT2D eigenvalue weighted by molar-refractivity contribution is -0.121. The first-order valence-electron chi connectivity index (χ1n) is 9.80. The van der Waals surface area contributed by atoms with Gasteiger partial charge in [-0.1, -0.05) is 18.2 Å². The molecule has 30 heavy (non-hydrogen) atoms. The van der Waals surface area contributed by atoms with E-state index in [1.807, 2.05) is 35.9 Å². The number of imidazole rings is 1. The SMILES string of the molecule is Cn1ccnc1[C@@H]1N(C(=O)c2cccn(C)c2=O)CC[C@]12C(=O)Nc1ccccc12. The molecule has 5 rings (SSSR count). The average Bonchev–Trinajstić information content (AvgIpc) is 3.41. The van der Waals surface area contributed by atoms with E-state index in [4.69, 9.17) is 0 Å². The van der Waals surface area contributed by atoms with Gasteiger partial charge in [0.05, 0.1) is 0 Å². The summed E-state index contributed by atoms with van der Waals surface area (Å²) in [6.07, 6.45) is 5.52. The van der Waals surface area contributed by atoms with Gasteiger partial charge in [-0.2, -0.15) is 0 Å². The standard InChI is InChI=1S/C22H21N5O3/c1-25-13-10-23-18(25)17-22(15-7-3-4-8-16(15)24-21(22)30)9-12-27(17)20(29)14-6-5-11-26(2)19(14)28/h3-8,10-11,13,17H,9,12H2,1-2H3,(H,24,30)/t17-,22+/m0/s1. The number of amides is 2. The summed E-state index contributed by atoms with van der Waals surface area (Å²) in [4.78, 5) is 45.6. The number of rotatable bonds is 2. The Balaban J connectivity index is 1.70. The first kappa shape index (κ1) is 18.4. The summed E-state index contributed by atoms with van der Waals surface area (Å²) in [6, 6.07) is 10.2. The van der Waals surface area contributed by atoms with Gasteiger partial charge >= 0.3 is 0 Å². The molecule has 2 atom stereocenters. The van der Waals surface area contributed by atoms with Crippen LogP contribution in [0.3, 0.4) is 0 Å². The molecule has 2 amide bonds. The Hall–Kier alpha value is -3.68. The Morgan fingerprint density at radius 2 is 1.90 bits per heavy atom. The molecular weight excluding hydrogens is 382 g/mol. The van der Waals surface area contributed by atoms with E-state index in [9.17, 15) is 14.4 Å². The minimum Gasteiger partial charge on any atom is -0.336 e. The predicted molar refractivity (Wildman–Crippen MR) is 110 cm³/mol. The van der Waals surface area contributed by atoms with E-state index in [-0.39, 0.29) is 17.0 Å². The summed E-state index contributed by atoms with van der Waals surface area (Å²) in [6.45, 7) is 0.343. The highest BCUT2D eigenvalue weighted by atomic mass is 16.2.